The molecular formula is C10H22O2Si. The van der Waals surface area contributed by atoms with E-state index in [0.29, 0.717) is 0 Å². The predicted octanol–water partition coefficient (Wildman–Crippen LogP) is 2.75. The third-order valence-corrected chi connectivity index (χ3v) is 4.56. The van der Waals surface area contributed by atoms with Crippen molar-refractivity contribution < 1.29 is 9.90 Å². The predicted molar refractivity (Wildman–Crippen MR) is 59.0 cm³/mol. The number of hydrogen-bond acceptors (Lipinski definition) is 1. The van der Waals surface area contributed by atoms with Crippen LogP contribution in [0.15, 0.2) is 0 Å². The van der Waals surface area contributed by atoms with Gasteiger partial charge in [-0.1, -0.05) is 33.9 Å². The molecule has 0 heterocycles. The number of carbonyl (C=O) groups is 1. The van der Waals surface area contributed by atoms with Crippen molar-refractivity contribution in [2.24, 2.45) is 5.41 Å². The molecule has 0 radical (unpaired) electrons. The van der Waals surface area contributed by atoms with Crippen LogP contribution in [-0.2, 0) is 4.79 Å². The van der Waals surface area contributed by atoms with Crippen LogP contribution in [0.25, 0.3) is 0 Å². The van der Waals surface area contributed by atoms with E-state index in [1.165, 1.54) is 0 Å². The van der Waals surface area contributed by atoms with Crippen LogP contribution in [-0.4, -0.2) is 19.9 Å². The zero-order chi connectivity index (χ0) is 10.6. The Labute approximate surface area is 83.0 Å². The topological polar surface area (TPSA) is 37.3 Å². The summed E-state index contributed by atoms with van der Waals surface area (Å²) >= 11 is 0. The van der Waals surface area contributed by atoms with Crippen molar-refractivity contribution in [2.75, 3.05) is 0 Å². The van der Waals surface area contributed by atoms with Crippen LogP contribution < -0.4 is 0 Å². The number of hydrogen-bond donors (Lipinski definition) is 1. The van der Waals surface area contributed by atoms with E-state index in [2.05, 4.69) is 33.9 Å². The van der Waals surface area contributed by atoms with Gasteiger partial charge in [0.2, 0.25) is 0 Å². The van der Waals surface area contributed by atoms with Crippen LogP contribution >= 0.6 is 0 Å². The maximum absolute atomic E-state index is 10.9. The minimum atomic E-state index is -1.03. The van der Waals surface area contributed by atoms with E-state index in [-0.39, 0.29) is 11.0 Å². The lowest BCUT2D eigenvalue weighted by molar-refractivity contribution is -0.137. The molecule has 0 aliphatic heterocycles. The maximum atomic E-state index is 10.9. The second kappa shape index (κ2) is 4.79. The van der Waals surface area contributed by atoms with E-state index in [0.717, 1.165) is 12.8 Å². The van der Waals surface area contributed by atoms with Gasteiger partial charge in [0, 0.05) is 14.3 Å². The Balaban J connectivity index is 4.06. The molecule has 0 rings (SSSR count). The van der Waals surface area contributed by atoms with Gasteiger partial charge >= 0.3 is 5.97 Å². The van der Waals surface area contributed by atoms with Crippen LogP contribution in [0.1, 0.15) is 33.6 Å². The van der Waals surface area contributed by atoms with Gasteiger partial charge in [-0.15, -0.1) is 0 Å². The van der Waals surface area contributed by atoms with Gasteiger partial charge in [0.15, 0.2) is 0 Å². The molecule has 1 unspecified atom stereocenters. The van der Waals surface area contributed by atoms with Crippen molar-refractivity contribution in [3.63, 3.8) is 0 Å². The van der Waals surface area contributed by atoms with Crippen LogP contribution in [0.2, 0.25) is 18.6 Å². The molecule has 1 N–H and O–H groups in total. The monoisotopic (exact) mass is 202 g/mol. The molecule has 0 saturated carbocycles. The number of aliphatic carboxylic acids is 1. The molecule has 0 bridgehead atoms. The molecule has 0 aliphatic carbocycles. The van der Waals surface area contributed by atoms with E-state index < -0.39 is 14.8 Å². The highest BCUT2D eigenvalue weighted by Gasteiger charge is 2.24. The molecule has 0 fully saturated rings. The minimum Gasteiger partial charge on any atom is -0.481 e. The molecule has 1 atom stereocenters. The van der Waals surface area contributed by atoms with Crippen molar-refractivity contribution in [3.05, 3.63) is 0 Å². The molecule has 0 spiro atoms. The van der Waals surface area contributed by atoms with E-state index in [1.54, 1.807) is 0 Å². The van der Waals surface area contributed by atoms with Gasteiger partial charge in [0.1, 0.15) is 0 Å². The Kier molecular flexibility index (Phi) is 4.68. The summed E-state index contributed by atoms with van der Waals surface area (Å²) in [6.45, 7) is 10.7. The summed E-state index contributed by atoms with van der Waals surface area (Å²) in [6.07, 6.45) is 1.86. The summed E-state index contributed by atoms with van der Waals surface area (Å²) in [6, 6.07) is 0. The summed E-state index contributed by atoms with van der Waals surface area (Å²) in [5.41, 5.74) is 0.219. The van der Waals surface area contributed by atoms with Crippen LogP contribution in [0.5, 0.6) is 0 Å². The smallest absolute Gasteiger partial charge is 0.303 e. The molecule has 0 saturated heterocycles. The molecule has 0 aromatic carbocycles. The number of carboxylic acid groups (broad SMARTS) is 1. The molecule has 13 heavy (non-hydrogen) atoms. The normalized spacial score (nSPS) is 14.6. The van der Waals surface area contributed by atoms with Crippen LogP contribution in [0.3, 0.4) is 0 Å². The van der Waals surface area contributed by atoms with Crippen molar-refractivity contribution >= 4 is 14.8 Å². The van der Waals surface area contributed by atoms with Crippen LogP contribution in [0.4, 0.5) is 0 Å². The Morgan fingerprint density at radius 3 is 2.08 bits per heavy atom. The lowest BCUT2D eigenvalue weighted by Crippen LogP contribution is -2.22. The molecule has 0 aliphatic rings. The molecule has 2 nitrogen and oxygen atoms in total. The van der Waals surface area contributed by atoms with Crippen molar-refractivity contribution in [1.82, 2.24) is 0 Å². The molecule has 3 heteroatoms. The van der Waals surface area contributed by atoms with E-state index in [9.17, 15) is 4.79 Å². The first kappa shape index (κ1) is 12.7. The second-order valence-electron chi connectivity index (χ2n) is 5.29. The van der Waals surface area contributed by atoms with Gasteiger partial charge in [-0.2, -0.15) is 0 Å². The lowest BCUT2D eigenvalue weighted by atomic mass is 9.90. The third-order valence-electron chi connectivity index (χ3n) is 2.33. The van der Waals surface area contributed by atoms with Crippen molar-refractivity contribution in [3.8, 4) is 0 Å². The highest BCUT2D eigenvalue weighted by atomic mass is 28.3. The van der Waals surface area contributed by atoms with Crippen molar-refractivity contribution in [2.45, 2.75) is 52.2 Å². The largest absolute Gasteiger partial charge is 0.481 e. The average Bonchev–Trinajstić information content (AvgIpc) is 1.82. The zero-order valence-corrected chi connectivity index (χ0v) is 10.6. The maximum Gasteiger partial charge on any atom is 0.303 e. The van der Waals surface area contributed by atoms with Gasteiger partial charge in [-0.05, 0) is 18.3 Å². The highest BCUT2D eigenvalue weighted by molar-refractivity contribution is 6.61. The van der Waals surface area contributed by atoms with Gasteiger partial charge in [0.05, 0.1) is 0 Å². The Morgan fingerprint density at radius 1 is 1.38 bits per heavy atom. The van der Waals surface area contributed by atoms with E-state index >= 15 is 0 Å². The Morgan fingerprint density at radius 2 is 1.85 bits per heavy atom. The first-order valence-electron chi connectivity index (χ1n) is 4.97. The molecule has 0 aromatic heterocycles. The summed E-state index contributed by atoms with van der Waals surface area (Å²) < 4.78 is 0. The van der Waals surface area contributed by atoms with Gasteiger partial charge in [0.25, 0.3) is 0 Å². The molecule has 78 valence electrons. The number of carboxylic acids is 1. The van der Waals surface area contributed by atoms with Gasteiger partial charge in [-0.3, -0.25) is 4.79 Å². The lowest BCUT2D eigenvalue weighted by Gasteiger charge is -2.22. The van der Waals surface area contributed by atoms with E-state index in [1.807, 2.05) is 0 Å². The zero-order valence-electron chi connectivity index (χ0n) is 9.42. The third kappa shape index (κ3) is 5.85. The fourth-order valence-corrected chi connectivity index (χ4v) is 2.73. The Hall–Kier alpha value is -0.313. The van der Waals surface area contributed by atoms with Crippen molar-refractivity contribution in [1.29, 1.82) is 0 Å². The minimum absolute atomic E-state index is 0.0424. The van der Waals surface area contributed by atoms with E-state index in [4.69, 9.17) is 5.11 Å². The second-order valence-corrected chi connectivity index (χ2v) is 8.58. The quantitative estimate of drug-likeness (QED) is 0.712. The molecule has 0 aromatic rings. The fraction of sp³-hybridized carbons (Fsp3) is 0.900. The summed E-state index contributed by atoms with van der Waals surface area (Å²) in [4.78, 5) is 10.9. The standard InChI is InChI=1S/C10H22O2Si/c1-10(2,3)7-6-8(9(11)12)13(4)5/h8,13H,6-7H2,1-5H3,(H,11,12). The van der Waals surface area contributed by atoms with Gasteiger partial charge in [-0.25, -0.2) is 0 Å². The molecular weight excluding hydrogens is 180 g/mol. The Bertz CT molecular complexity index is 170. The van der Waals surface area contributed by atoms with Gasteiger partial charge < -0.3 is 5.11 Å². The summed E-state index contributed by atoms with van der Waals surface area (Å²) in [5.74, 6) is -0.592. The number of rotatable bonds is 4. The average molecular weight is 202 g/mol. The summed E-state index contributed by atoms with van der Waals surface area (Å²) in [5, 5.41) is 8.98. The summed E-state index contributed by atoms with van der Waals surface area (Å²) in [7, 11) is -1.03. The first-order valence-corrected chi connectivity index (χ1v) is 7.94. The highest BCUT2D eigenvalue weighted by Crippen LogP contribution is 2.27. The SMILES string of the molecule is C[SiH](C)C(CCC(C)(C)C)C(=O)O. The van der Waals surface area contributed by atoms with Crippen LogP contribution in [0, 0.1) is 5.41 Å². The fourth-order valence-electron chi connectivity index (χ4n) is 1.33. The first-order chi connectivity index (χ1) is 5.74. The molecule has 0 amide bonds.